The number of para-hydroxylation sites is 1. The van der Waals surface area contributed by atoms with Crippen molar-refractivity contribution in [3.05, 3.63) is 59.9 Å². The van der Waals surface area contributed by atoms with Crippen LogP contribution in [0.2, 0.25) is 0 Å². The summed E-state index contributed by atoms with van der Waals surface area (Å²) in [6, 6.07) is 14.3. The van der Waals surface area contributed by atoms with Gasteiger partial charge in [-0.15, -0.1) is 0 Å². The molecule has 0 saturated heterocycles. The van der Waals surface area contributed by atoms with Crippen LogP contribution in [0.15, 0.2) is 48.5 Å². The topological polar surface area (TPSA) is 9.23 Å². The van der Waals surface area contributed by atoms with Gasteiger partial charge in [0.15, 0.2) is 0 Å². The fraction of sp³-hybridized carbons (Fsp3) is 0.250. The highest BCUT2D eigenvalue weighted by Gasteiger charge is 2.05. The van der Waals surface area contributed by atoms with E-state index in [1.54, 1.807) is 6.07 Å². The van der Waals surface area contributed by atoms with Crippen LogP contribution in [-0.4, -0.2) is 0 Å². The first kappa shape index (κ1) is 12.6. The Labute approximate surface area is 107 Å². The van der Waals surface area contributed by atoms with E-state index in [9.17, 15) is 4.39 Å². The maximum Gasteiger partial charge on any atom is 0.130 e. The molecule has 0 unspecified atom stereocenters. The lowest BCUT2D eigenvalue weighted by molar-refractivity contribution is 0.475. The Kier molecular flexibility index (Phi) is 3.98. The number of ether oxygens (including phenoxy) is 1. The van der Waals surface area contributed by atoms with E-state index in [4.69, 9.17) is 4.74 Å². The molecule has 0 aromatic heterocycles. The molecule has 0 N–H and O–H groups in total. The molecular weight excluding hydrogens is 227 g/mol. The molecular formula is C16H17FO. The summed E-state index contributed by atoms with van der Waals surface area (Å²) in [7, 11) is 0. The maximum atomic E-state index is 13.5. The summed E-state index contributed by atoms with van der Waals surface area (Å²) in [5.74, 6) is 1.52. The molecule has 0 spiro atoms. The average Bonchev–Trinajstić information content (AvgIpc) is 2.28. The van der Waals surface area contributed by atoms with Gasteiger partial charge in [0.1, 0.15) is 17.3 Å². The summed E-state index contributed by atoms with van der Waals surface area (Å²) in [6.07, 6.45) is 0.850. The van der Waals surface area contributed by atoms with Crippen molar-refractivity contribution in [2.75, 3.05) is 0 Å². The number of benzene rings is 2. The zero-order valence-corrected chi connectivity index (χ0v) is 10.7. The number of rotatable bonds is 4. The largest absolute Gasteiger partial charge is 0.457 e. The first-order valence-electron chi connectivity index (χ1n) is 6.16. The molecule has 94 valence electrons. The molecule has 0 saturated carbocycles. The van der Waals surface area contributed by atoms with E-state index in [2.05, 4.69) is 13.8 Å². The van der Waals surface area contributed by atoms with Crippen molar-refractivity contribution < 1.29 is 9.13 Å². The van der Waals surface area contributed by atoms with E-state index in [0.29, 0.717) is 11.7 Å². The third kappa shape index (κ3) is 3.59. The zero-order chi connectivity index (χ0) is 13.0. The molecule has 0 radical (unpaired) electrons. The van der Waals surface area contributed by atoms with E-state index in [-0.39, 0.29) is 5.82 Å². The van der Waals surface area contributed by atoms with Crippen LogP contribution in [-0.2, 0) is 6.42 Å². The van der Waals surface area contributed by atoms with Gasteiger partial charge in [-0.1, -0.05) is 32.0 Å². The molecule has 2 heteroatoms. The standard InChI is InChI=1S/C16H17FO/c1-12(2)8-13-9-14(17)11-16(10-13)18-15-6-4-3-5-7-15/h3-7,9-12H,8H2,1-2H3. The zero-order valence-electron chi connectivity index (χ0n) is 10.7. The highest BCUT2D eigenvalue weighted by Crippen LogP contribution is 2.24. The van der Waals surface area contributed by atoms with Crippen molar-refractivity contribution in [2.45, 2.75) is 20.3 Å². The van der Waals surface area contributed by atoms with Crippen LogP contribution in [0.5, 0.6) is 11.5 Å². The van der Waals surface area contributed by atoms with Crippen LogP contribution >= 0.6 is 0 Å². The molecule has 0 amide bonds. The molecule has 18 heavy (non-hydrogen) atoms. The van der Waals surface area contributed by atoms with Crippen molar-refractivity contribution in [3.63, 3.8) is 0 Å². The second kappa shape index (κ2) is 5.67. The Balaban J connectivity index is 2.20. The molecule has 0 aliphatic carbocycles. The van der Waals surface area contributed by atoms with Crippen LogP contribution in [0, 0.1) is 11.7 Å². The van der Waals surface area contributed by atoms with E-state index in [0.717, 1.165) is 17.7 Å². The van der Waals surface area contributed by atoms with Gasteiger partial charge in [0.2, 0.25) is 0 Å². The summed E-state index contributed by atoms with van der Waals surface area (Å²) in [4.78, 5) is 0. The van der Waals surface area contributed by atoms with Crippen molar-refractivity contribution in [2.24, 2.45) is 5.92 Å². The van der Waals surface area contributed by atoms with Gasteiger partial charge >= 0.3 is 0 Å². The molecule has 0 fully saturated rings. The van der Waals surface area contributed by atoms with Crippen molar-refractivity contribution in [3.8, 4) is 11.5 Å². The third-order valence-corrected chi connectivity index (χ3v) is 2.55. The second-order valence-electron chi connectivity index (χ2n) is 4.81. The lowest BCUT2D eigenvalue weighted by atomic mass is 10.0. The number of hydrogen-bond acceptors (Lipinski definition) is 1. The van der Waals surface area contributed by atoms with Crippen LogP contribution in [0.3, 0.4) is 0 Å². The minimum absolute atomic E-state index is 0.251. The number of halogens is 1. The molecule has 2 rings (SSSR count). The molecule has 2 aromatic rings. The minimum atomic E-state index is -0.251. The summed E-state index contributed by atoms with van der Waals surface area (Å²) in [5, 5.41) is 0. The van der Waals surface area contributed by atoms with Gasteiger partial charge in [-0.3, -0.25) is 0 Å². The molecule has 0 atom stereocenters. The summed E-state index contributed by atoms with van der Waals surface area (Å²) < 4.78 is 19.1. The van der Waals surface area contributed by atoms with Gasteiger partial charge in [-0.25, -0.2) is 4.39 Å². The summed E-state index contributed by atoms with van der Waals surface area (Å²) in [5.41, 5.74) is 0.968. The Bertz CT molecular complexity index is 506. The molecule has 0 heterocycles. The fourth-order valence-electron chi connectivity index (χ4n) is 1.89. The van der Waals surface area contributed by atoms with Crippen LogP contribution < -0.4 is 4.74 Å². The first-order valence-corrected chi connectivity index (χ1v) is 6.16. The first-order chi connectivity index (χ1) is 8.63. The highest BCUT2D eigenvalue weighted by atomic mass is 19.1. The molecule has 0 bridgehead atoms. The van der Waals surface area contributed by atoms with Crippen LogP contribution in [0.25, 0.3) is 0 Å². The van der Waals surface area contributed by atoms with E-state index in [1.807, 2.05) is 36.4 Å². The molecule has 1 nitrogen and oxygen atoms in total. The quantitative estimate of drug-likeness (QED) is 0.749. The van der Waals surface area contributed by atoms with Gasteiger partial charge in [0, 0.05) is 6.07 Å². The van der Waals surface area contributed by atoms with Gasteiger partial charge in [0.05, 0.1) is 0 Å². The van der Waals surface area contributed by atoms with Gasteiger partial charge in [-0.2, -0.15) is 0 Å². The monoisotopic (exact) mass is 244 g/mol. The summed E-state index contributed by atoms with van der Waals surface area (Å²) in [6.45, 7) is 4.23. The third-order valence-electron chi connectivity index (χ3n) is 2.55. The summed E-state index contributed by atoms with van der Waals surface area (Å²) >= 11 is 0. The van der Waals surface area contributed by atoms with Gasteiger partial charge in [-0.05, 0) is 42.2 Å². The van der Waals surface area contributed by atoms with Crippen LogP contribution in [0.1, 0.15) is 19.4 Å². The minimum Gasteiger partial charge on any atom is -0.457 e. The van der Waals surface area contributed by atoms with Crippen molar-refractivity contribution in [1.82, 2.24) is 0 Å². The van der Waals surface area contributed by atoms with Crippen molar-refractivity contribution in [1.29, 1.82) is 0 Å². The Morgan fingerprint density at radius 3 is 2.39 bits per heavy atom. The molecule has 2 aromatic carbocycles. The SMILES string of the molecule is CC(C)Cc1cc(F)cc(Oc2ccccc2)c1. The number of hydrogen-bond donors (Lipinski definition) is 0. The molecule has 0 aliphatic heterocycles. The van der Waals surface area contributed by atoms with Gasteiger partial charge < -0.3 is 4.74 Å². The Morgan fingerprint density at radius 2 is 1.72 bits per heavy atom. The maximum absolute atomic E-state index is 13.5. The van der Waals surface area contributed by atoms with Gasteiger partial charge in [0.25, 0.3) is 0 Å². The predicted molar refractivity (Wildman–Crippen MR) is 71.5 cm³/mol. The van der Waals surface area contributed by atoms with E-state index >= 15 is 0 Å². The second-order valence-corrected chi connectivity index (χ2v) is 4.81. The average molecular weight is 244 g/mol. The van der Waals surface area contributed by atoms with E-state index in [1.165, 1.54) is 6.07 Å². The lowest BCUT2D eigenvalue weighted by Crippen LogP contribution is -1.96. The predicted octanol–water partition coefficient (Wildman–Crippen LogP) is 4.82. The van der Waals surface area contributed by atoms with Crippen molar-refractivity contribution >= 4 is 0 Å². The Morgan fingerprint density at radius 1 is 1.00 bits per heavy atom. The normalized spacial score (nSPS) is 10.7. The molecule has 0 aliphatic rings. The fourth-order valence-corrected chi connectivity index (χ4v) is 1.89. The highest BCUT2D eigenvalue weighted by molar-refractivity contribution is 5.34. The van der Waals surface area contributed by atoms with Crippen LogP contribution in [0.4, 0.5) is 4.39 Å². The lowest BCUT2D eigenvalue weighted by Gasteiger charge is -2.09. The Hall–Kier alpha value is -1.83. The smallest absolute Gasteiger partial charge is 0.130 e. The van der Waals surface area contributed by atoms with E-state index < -0.39 is 0 Å².